The van der Waals surface area contributed by atoms with Gasteiger partial charge in [-0.1, -0.05) is 6.92 Å². The molecule has 0 atom stereocenters. The van der Waals surface area contributed by atoms with E-state index in [-0.39, 0.29) is 18.3 Å². The van der Waals surface area contributed by atoms with Crippen LogP contribution in [0.5, 0.6) is 0 Å². The number of fused-ring (bicyclic) bond motifs is 1. The summed E-state index contributed by atoms with van der Waals surface area (Å²) in [6.45, 7) is 4.00. The molecule has 0 unspecified atom stereocenters. The molecule has 2 aromatic rings. The monoisotopic (exact) mass is 367 g/mol. The Hall–Kier alpha value is -1.89. The molecule has 0 bridgehead atoms. The predicted molar refractivity (Wildman–Crippen MR) is 86.8 cm³/mol. The molecule has 2 rings (SSSR count). The lowest BCUT2D eigenvalue weighted by molar-refractivity contribution is -0.142. The van der Waals surface area contributed by atoms with Crippen LogP contribution in [0.4, 0.5) is 5.82 Å². The number of nitrogens with one attached hydrogen (secondary N) is 1. The number of esters is 1. The number of aromatic nitrogens is 2. The highest BCUT2D eigenvalue weighted by Gasteiger charge is 2.18. The summed E-state index contributed by atoms with van der Waals surface area (Å²) in [6, 6.07) is 3.67. The number of nitrogens with zero attached hydrogens (tertiary/aromatic N) is 2. The van der Waals surface area contributed by atoms with E-state index in [9.17, 15) is 9.59 Å². The molecular weight excluding hydrogens is 350 g/mol. The number of rotatable bonds is 6. The van der Waals surface area contributed by atoms with Crippen molar-refractivity contribution in [2.45, 2.75) is 33.1 Å². The van der Waals surface area contributed by atoms with E-state index in [2.05, 4.69) is 26.2 Å². The first kappa shape index (κ1) is 16.5. The molecular formula is C15H18BrN3O3. The van der Waals surface area contributed by atoms with Crippen LogP contribution >= 0.6 is 15.9 Å². The lowest BCUT2D eigenvalue weighted by atomic mass is 10.3. The Morgan fingerprint density at radius 3 is 2.82 bits per heavy atom. The van der Waals surface area contributed by atoms with E-state index in [1.54, 1.807) is 17.5 Å². The molecule has 22 heavy (non-hydrogen) atoms. The number of carbonyl (C=O) groups is 2. The number of amides is 1. The molecule has 0 saturated carbocycles. The molecule has 0 fully saturated rings. The Bertz CT molecular complexity index is 697. The first-order valence-electron chi connectivity index (χ1n) is 7.17. The SMILES string of the molecule is CCCC(=O)Nc1c(CC(=O)OCC)nc2ccc(Br)cn12. The molecule has 0 radical (unpaired) electrons. The average Bonchev–Trinajstić information content (AvgIpc) is 2.77. The summed E-state index contributed by atoms with van der Waals surface area (Å²) in [4.78, 5) is 28.1. The third-order valence-electron chi connectivity index (χ3n) is 3.01. The van der Waals surface area contributed by atoms with Gasteiger partial charge in [-0.2, -0.15) is 0 Å². The topological polar surface area (TPSA) is 72.7 Å². The van der Waals surface area contributed by atoms with Crippen LogP contribution in [0.15, 0.2) is 22.8 Å². The van der Waals surface area contributed by atoms with Crippen molar-refractivity contribution < 1.29 is 14.3 Å². The van der Waals surface area contributed by atoms with Gasteiger partial charge in [0.2, 0.25) is 5.91 Å². The lowest BCUT2D eigenvalue weighted by Crippen LogP contribution is -2.15. The maximum atomic E-state index is 11.9. The maximum absolute atomic E-state index is 11.9. The minimum Gasteiger partial charge on any atom is -0.466 e. The fourth-order valence-corrected chi connectivity index (χ4v) is 2.43. The lowest BCUT2D eigenvalue weighted by Gasteiger charge is -2.07. The van der Waals surface area contributed by atoms with E-state index in [0.717, 1.165) is 10.9 Å². The van der Waals surface area contributed by atoms with E-state index in [1.165, 1.54) is 0 Å². The Balaban J connectivity index is 2.40. The summed E-state index contributed by atoms with van der Waals surface area (Å²) in [5, 5.41) is 2.84. The van der Waals surface area contributed by atoms with E-state index in [4.69, 9.17) is 4.74 Å². The highest BCUT2D eigenvalue weighted by Crippen LogP contribution is 2.22. The Morgan fingerprint density at radius 1 is 1.36 bits per heavy atom. The Kier molecular flexibility index (Phi) is 5.54. The van der Waals surface area contributed by atoms with Gasteiger partial charge in [0.15, 0.2) is 0 Å². The van der Waals surface area contributed by atoms with Crippen LogP contribution < -0.4 is 5.32 Å². The summed E-state index contributed by atoms with van der Waals surface area (Å²) in [5.41, 5.74) is 1.16. The summed E-state index contributed by atoms with van der Waals surface area (Å²) in [5.74, 6) is 0.0492. The third-order valence-corrected chi connectivity index (χ3v) is 3.48. The molecule has 0 aliphatic rings. The number of hydrogen-bond donors (Lipinski definition) is 1. The summed E-state index contributed by atoms with van der Waals surface area (Å²) >= 11 is 3.40. The second-order valence-corrected chi connectivity index (χ2v) is 5.68. The van der Waals surface area contributed by atoms with Gasteiger partial charge in [0.05, 0.1) is 18.7 Å². The Morgan fingerprint density at radius 2 is 2.14 bits per heavy atom. The third kappa shape index (κ3) is 3.85. The molecule has 1 N–H and O–H groups in total. The zero-order valence-electron chi connectivity index (χ0n) is 12.6. The van der Waals surface area contributed by atoms with E-state index >= 15 is 0 Å². The predicted octanol–water partition coefficient (Wildman–Crippen LogP) is 2.94. The second-order valence-electron chi connectivity index (χ2n) is 4.76. The van der Waals surface area contributed by atoms with Crippen LogP contribution in [0, 0.1) is 0 Å². The Labute approximate surface area is 137 Å². The first-order chi connectivity index (χ1) is 10.5. The van der Waals surface area contributed by atoms with Crippen molar-refractivity contribution in [3.63, 3.8) is 0 Å². The summed E-state index contributed by atoms with van der Waals surface area (Å²) in [6.07, 6.45) is 2.99. The van der Waals surface area contributed by atoms with Crippen LogP contribution in [-0.2, 0) is 20.7 Å². The number of hydrogen-bond acceptors (Lipinski definition) is 4. The summed E-state index contributed by atoms with van der Waals surface area (Å²) < 4.78 is 7.57. The second kappa shape index (κ2) is 7.40. The zero-order valence-corrected chi connectivity index (χ0v) is 14.1. The molecule has 0 aliphatic carbocycles. The van der Waals surface area contributed by atoms with Crippen molar-refractivity contribution in [1.82, 2.24) is 9.38 Å². The van der Waals surface area contributed by atoms with Crippen LogP contribution in [0.3, 0.4) is 0 Å². The molecule has 1 amide bonds. The molecule has 2 aromatic heterocycles. The van der Waals surface area contributed by atoms with Crippen molar-refractivity contribution in [3.8, 4) is 0 Å². The summed E-state index contributed by atoms with van der Waals surface area (Å²) in [7, 11) is 0. The molecule has 118 valence electrons. The number of carbonyl (C=O) groups excluding carboxylic acids is 2. The average molecular weight is 368 g/mol. The number of ether oxygens (including phenoxy) is 1. The van der Waals surface area contributed by atoms with E-state index in [1.807, 2.05) is 19.1 Å². The van der Waals surface area contributed by atoms with Crippen LogP contribution in [0.1, 0.15) is 32.4 Å². The fraction of sp³-hybridized carbons (Fsp3) is 0.400. The van der Waals surface area contributed by atoms with Gasteiger partial charge in [-0.15, -0.1) is 0 Å². The minimum absolute atomic E-state index is 0.0227. The van der Waals surface area contributed by atoms with Gasteiger partial charge in [-0.25, -0.2) is 4.98 Å². The van der Waals surface area contributed by atoms with Gasteiger partial charge in [0.25, 0.3) is 0 Å². The molecule has 0 saturated heterocycles. The molecule has 7 heteroatoms. The van der Waals surface area contributed by atoms with Gasteiger partial charge in [-0.3, -0.25) is 14.0 Å². The van der Waals surface area contributed by atoms with Crippen molar-refractivity contribution in [3.05, 3.63) is 28.5 Å². The highest BCUT2D eigenvalue weighted by atomic mass is 79.9. The smallest absolute Gasteiger partial charge is 0.312 e. The van der Waals surface area contributed by atoms with Crippen LogP contribution in [-0.4, -0.2) is 27.9 Å². The quantitative estimate of drug-likeness (QED) is 0.796. The van der Waals surface area contributed by atoms with Crippen LogP contribution in [0.25, 0.3) is 5.65 Å². The number of pyridine rings is 1. The normalized spacial score (nSPS) is 10.7. The maximum Gasteiger partial charge on any atom is 0.312 e. The molecule has 2 heterocycles. The van der Waals surface area contributed by atoms with E-state index < -0.39 is 0 Å². The van der Waals surface area contributed by atoms with Crippen molar-refractivity contribution in [1.29, 1.82) is 0 Å². The standard InChI is InChI=1S/C15H18BrN3O3/c1-3-5-13(20)18-15-11(8-14(21)22-4-2)17-12-7-6-10(16)9-19(12)15/h6-7,9H,3-5,8H2,1-2H3,(H,18,20). The van der Waals surface area contributed by atoms with Gasteiger partial charge in [-0.05, 0) is 41.4 Å². The number of halogens is 1. The first-order valence-corrected chi connectivity index (χ1v) is 7.96. The molecule has 6 nitrogen and oxygen atoms in total. The van der Waals surface area contributed by atoms with Gasteiger partial charge >= 0.3 is 5.97 Å². The highest BCUT2D eigenvalue weighted by molar-refractivity contribution is 9.10. The number of imidazole rings is 1. The van der Waals surface area contributed by atoms with Gasteiger partial charge < -0.3 is 10.1 Å². The van der Waals surface area contributed by atoms with Crippen LogP contribution in [0.2, 0.25) is 0 Å². The van der Waals surface area contributed by atoms with Gasteiger partial charge in [0.1, 0.15) is 11.5 Å². The van der Waals surface area contributed by atoms with Crippen molar-refractivity contribution in [2.24, 2.45) is 0 Å². The minimum atomic E-state index is -0.365. The molecule has 0 aromatic carbocycles. The molecule has 0 spiro atoms. The fourth-order valence-electron chi connectivity index (χ4n) is 2.09. The van der Waals surface area contributed by atoms with Crippen molar-refractivity contribution in [2.75, 3.05) is 11.9 Å². The zero-order chi connectivity index (χ0) is 16.1. The number of anilines is 1. The van der Waals surface area contributed by atoms with E-state index in [0.29, 0.717) is 30.2 Å². The molecule has 0 aliphatic heterocycles. The van der Waals surface area contributed by atoms with Gasteiger partial charge in [0, 0.05) is 17.1 Å². The largest absolute Gasteiger partial charge is 0.466 e. The van der Waals surface area contributed by atoms with Crippen molar-refractivity contribution >= 4 is 39.3 Å².